The van der Waals surface area contributed by atoms with E-state index in [9.17, 15) is 22.8 Å². The van der Waals surface area contributed by atoms with Gasteiger partial charge in [-0.25, -0.2) is 9.67 Å². The first-order chi connectivity index (χ1) is 14.8. The van der Waals surface area contributed by atoms with E-state index >= 15 is 0 Å². The summed E-state index contributed by atoms with van der Waals surface area (Å²) in [5.41, 5.74) is -0.302. The Morgan fingerprint density at radius 2 is 2.06 bits per heavy atom. The summed E-state index contributed by atoms with van der Waals surface area (Å²) in [7, 11) is 0. The Kier molecular flexibility index (Phi) is 5.49. The van der Waals surface area contributed by atoms with Crippen LogP contribution in [0.5, 0.6) is 0 Å². The lowest BCUT2D eigenvalue weighted by molar-refractivity contribution is -0.137. The molecular weight excluding hydrogens is 415 g/mol. The minimum atomic E-state index is -4.57. The van der Waals surface area contributed by atoms with E-state index in [-0.39, 0.29) is 23.8 Å². The number of carbonyl (C=O) groups is 2. The zero-order valence-corrected chi connectivity index (χ0v) is 16.2. The molecule has 1 atom stereocenters. The van der Waals surface area contributed by atoms with Crippen LogP contribution in [-0.4, -0.2) is 44.6 Å². The summed E-state index contributed by atoms with van der Waals surface area (Å²) in [5.74, 6) is -1.29. The molecule has 3 heterocycles. The van der Waals surface area contributed by atoms with Gasteiger partial charge in [-0.3, -0.25) is 9.59 Å². The summed E-state index contributed by atoms with van der Waals surface area (Å²) in [4.78, 5) is 30.8. The SMILES string of the molecule is O=C(Nc1cc(C(F)(F)F)ccc1-n1cncn1)C1CCCN(C(=O)c2ccoc2)C1. The van der Waals surface area contributed by atoms with Crippen molar-refractivity contribution in [3.63, 3.8) is 0 Å². The van der Waals surface area contributed by atoms with Gasteiger partial charge in [0, 0.05) is 13.1 Å². The van der Waals surface area contributed by atoms with E-state index in [1.165, 1.54) is 35.9 Å². The van der Waals surface area contributed by atoms with Gasteiger partial charge in [0.05, 0.1) is 34.7 Å². The molecule has 1 aliphatic heterocycles. The Morgan fingerprint density at radius 3 is 2.74 bits per heavy atom. The lowest BCUT2D eigenvalue weighted by atomic mass is 9.96. The van der Waals surface area contributed by atoms with E-state index in [2.05, 4.69) is 15.4 Å². The summed E-state index contributed by atoms with van der Waals surface area (Å²) in [6.45, 7) is 0.648. The van der Waals surface area contributed by atoms with Gasteiger partial charge >= 0.3 is 6.18 Å². The average Bonchev–Trinajstić information content (AvgIpc) is 3.47. The van der Waals surface area contributed by atoms with Crippen molar-refractivity contribution in [3.05, 3.63) is 60.6 Å². The first-order valence-electron chi connectivity index (χ1n) is 9.51. The maximum atomic E-state index is 13.2. The van der Waals surface area contributed by atoms with Gasteiger partial charge in [-0.1, -0.05) is 0 Å². The van der Waals surface area contributed by atoms with E-state index in [1.54, 1.807) is 11.0 Å². The van der Waals surface area contributed by atoms with Gasteiger partial charge in [-0.15, -0.1) is 0 Å². The van der Waals surface area contributed by atoms with Gasteiger partial charge in [-0.05, 0) is 37.1 Å². The van der Waals surface area contributed by atoms with Crippen LogP contribution in [0, 0.1) is 5.92 Å². The first kappa shape index (κ1) is 20.6. The van der Waals surface area contributed by atoms with Gasteiger partial charge < -0.3 is 14.6 Å². The Hall–Kier alpha value is -3.63. The number of benzene rings is 1. The summed E-state index contributed by atoms with van der Waals surface area (Å²) in [6.07, 6.45) is 1.82. The van der Waals surface area contributed by atoms with Crippen molar-refractivity contribution in [1.82, 2.24) is 19.7 Å². The number of nitrogens with zero attached hydrogens (tertiary/aromatic N) is 4. The lowest BCUT2D eigenvalue weighted by Gasteiger charge is -2.32. The molecule has 0 radical (unpaired) electrons. The second-order valence-corrected chi connectivity index (χ2v) is 7.16. The summed E-state index contributed by atoms with van der Waals surface area (Å²) in [6, 6.07) is 4.55. The lowest BCUT2D eigenvalue weighted by Crippen LogP contribution is -2.43. The van der Waals surface area contributed by atoms with Crippen molar-refractivity contribution in [3.8, 4) is 5.69 Å². The topological polar surface area (TPSA) is 93.3 Å². The number of aromatic nitrogens is 3. The Morgan fingerprint density at radius 1 is 1.23 bits per heavy atom. The Balaban J connectivity index is 1.55. The smallest absolute Gasteiger partial charge is 0.416 e. The monoisotopic (exact) mass is 433 g/mol. The van der Waals surface area contributed by atoms with Gasteiger partial charge in [0.25, 0.3) is 5.91 Å². The molecule has 0 spiro atoms. The minimum Gasteiger partial charge on any atom is -0.472 e. The molecule has 2 aromatic heterocycles. The highest BCUT2D eigenvalue weighted by Crippen LogP contribution is 2.33. The van der Waals surface area contributed by atoms with Gasteiger partial charge in [0.15, 0.2) is 0 Å². The quantitative estimate of drug-likeness (QED) is 0.681. The Bertz CT molecular complexity index is 1060. The van der Waals surface area contributed by atoms with Crippen LogP contribution in [0.25, 0.3) is 5.69 Å². The van der Waals surface area contributed by atoms with Crippen LogP contribution in [-0.2, 0) is 11.0 Å². The van der Waals surface area contributed by atoms with Crippen molar-refractivity contribution < 1.29 is 27.2 Å². The van der Waals surface area contributed by atoms with Crippen LogP contribution >= 0.6 is 0 Å². The number of alkyl halides is 3. The molecule has 1 N–H and O–H groups in total. The van der Waals surface area contributed by atoms with Gasteiger partial charge in [-0.2, -0.15) is 18.3 Å². The van der Waals surface area contributed by atoms with Crippen molar-refractivity contribution in [2.45, 2.75) is 19.0 Å². The highest BCUT2D eigenvalue weighted by molar-refractivity contribution is 5.97. The number of rotatable bonds is 4. The number of hydrogen-bond acceptors (Lipinski definition) is 5. The third kappa shape index (κ3) is 4.44. The number of amides is 2. The molecule has 1 aliphatic rings. The molecule has 1 aromatic carbocycles. The van der Waals surface area contributed by atoms with E-state index in [4.69, 9.17) is 4.42 Å². The highest BCUT2D eigenvalue weighted by Gasteiger charge is 2.33. The van der Waals surface area contributed by atoms with E-state index in [0.29, 0.717) is 24.9 Å². The molecule has 1 unspecified atom stereocenters. The molecule has 162 valence electrons. The number of halogens is 3. The number of hydrogen-bond donors (Lipinski definition) is 1. The maximum absolute atomic E-state index is 13.2. The molecular formula is C20H18F3N5O3. The van der Waals surface area contributed by atoms with Crippen LogP contribution in [0.3, 0.4) is 0 Å². The number of furan rings is 1. The summed E-state index contributed by atoms with van der Waals surface area (Å²) in [5, 5.41) is 6.53. The number of nitrogens with one attached hydrogen (secondary N) is 1. The van der Waals surface area contributed by atoms with Crippen LogP contribution in [0.15, 0.2) is 53.9 Å². The fourth-order valence-corrected chi connectivity index (χ4v) is 3.52. The fraction of sp³-hybridized carbons (Fsp3) is 0.300. The maximum Gasteiger partial charge on any atom is 0.416 e. The summed E-state index contributed by atoms with van der Waals surface area (Å²) < 4.78 is 45.8. The molecule has 11 heteroatoms. The second kappa shape index (κ2) is 8.25. The molecule has 3 aromatic rings. The molecule has 2 amide bonds. The van der Waals surface area contributed by atoms with Crippen molar-refractivity contribution in [2.24, 2.45) is 5.92 Å². The van der Waals surface area contributed by atoms with Crippen LogP contribution < -0.4 is 5.32 Å². The summed E-state index contributed by atoms with van der Waals surface area (Å²) >= 11 is 0. The predicted octanol–water partition coefficient (Wildman–Crippen LogP) is 3.37. The van der Waals surface area contributed by atoms with Gasteiger partial charge in [0.1, 0.15) is 18.9 Å². The average molecular weight is 433 g/mol. The number of likely N-dealkylation sites (tertiary alicyclic amines) is 1. The normalized spacial score (nSPS) is 16.9. The first-order valence-corrected chi connectivity index (χ1v) is 9.51. The fourth-order valence-electron chi connectivity index (χ4n) is 3.52. The van der Waals surface area contributed by atoms with E-state index in [1.807, 2.05) is 0 Å². The number of piperidine rings is 1. The molecule has 31 heavy (non-hydrogen) atoms. The third-order valence-electron chi connectivity index (χ3n) is 5.09. The van der Waals surface area contributed by atoms with Crippen LogP contribution in [0.4, 0.5) is 18.9 Å². The zero-order valence-electron chi connectivity index (χ0n) is 16.2. The minimum absolute atomic E-state index is 0.0383. The standard InChI is InChI=1S/C20H18F3N5O3/c21-20(22,23)15-3-4-17(28-12-24-11-25-28)16(8-15)26-18(29)13-2-1-6-27(9-13)19(30)14-5-7-31-10-14/h3-5,7-8,10-13H,1-2,6,9H2,(H,26,29). The third-order valence-corrected chi connectivity index (χ3v) is 5.09. The van der Waals surface area contributed by atoms with Crippen LogP contribution in [0.1, 0.15) is 28.8 Å². The molecule has 0 bridgehead atoms. The van der Waals surface area contributed by atoms with E-state index < -0.39 is 23.6 Å². The van der Waals surface area contributed by atoms with Crippen molar-refractivity contribution in [1.29, 1.82) is 0 Å². The Labute approximate surface area is 174 Å². The molecule has 1 fully saturated rings. The van der Waals surface area contributed by atoms with Crippen LogP contribution in [0.2, 0.25) is 0 Å². The van der Waals surface area contributed by atoms with Gasteiger partial charge in [0.2, 0.25) is 5.91 Å². The van der Waals surface area contributed by atoms with Crippen molar-refractivity contribution >= 4 is 17.5 Å². The molecule has 4 rings (SSSR count). The highest BCUT2D eigenvalue weighted by atomic mass is 19.4. The zero-order chi connectivity index (χ0) is 22.0. The molecule has 1 saturated heterocycles. The molecule has 0 saturated carbocycles. The predicted molar refractivity (Wildman–Crippen MR) is 102 cm³/mol. The second-order valence-electron chi connectivity index (χ2n) is 7.16. The van der Waals surface area contributed by atoms with Crippen molar-refractivity contribution in [2.75, 3.05) is 18.4 Å². The number of carbonyl (C=O) groups excluding carboxylic acids is 2. The largest absolute Gasteiger partial charge is 0.472 e. The molecule has 0 aliphatic carbocycles. The number of anilines is 1. The van der Waals surface area contributed by atoms with E-state index in [0.717, 1.165) is 12.1 Å². The molecule has 8 nitrogen and oxygen atoms in total.